The van der Waals surface area contributed by atoms with Gasteiger partial charge in [-0.05, 0) is 30.7 Å². The van der Waals surface area contributed by atoms with Crippen molar-refractivity contribution in [3.63, 3.8) is 0 Å². The number of rotatable bonds is 6. The number of amides is 1. The van der Waals surface area contributed by atoms with Crippen molar-refractivity contribution >= 4 is 29.7 Å². The molecule has 0 spiro atoms. The minimum Gasteiger partial charge on any atom is -0.350 e. The highest BCUT2D eigenvalue weighted by atomic mass is 35.5. The van der Waals surface area contributed by atoms with Crippen molar-refractivity contribution < 1.29 is 9.18 Å². The van der Waals surface area contributed by atoms with E-state index in [1.54, 1.807) is 17.5 Å². The summed E-state index contributed by atoms with van der Waals surface area (Å²) in [6.45, 7) is 1.02. The lowest BCUT2D eigenvalue weighted by Gasteiger charge is -2.03. The summed E-state index contributed by atoms with van der Waals surface area (Å²) in [5, 5.41) is 5.40. The highest BCUT2D eigenvalue weighted by Crippen LogP contribution is 2.10. The van der Waals surface area contributed by atoms with E-state index < -0.39 is 0 Å². The molecular weight excluding hydrogens is 313 g/mol. The van der Waals surface area contributed by atoms with Gasteiger partial charge in [-0.1, -0.05) is 12.1 Å². The number of nitrogens with zero attached hydrogens (tertiary/aromatic N) is 1. The van der Waals surface area contributed by atoms with E-state index in [-0.39, 0.29) is 24.1 Å². The maximum Gasteiger partial charge on any atom is 0.270 e. The fourth-order valence-electron chi connectivity index (χ4n) is 1.72. The first kappa shape index (κ1) is 17.6. The average molecular weight is 330 g/mol. The Bertz CT molecular complexity index is 574. The Labute approximate surface area is 133 Å². The summed E-state index contributed by atoms with van der Waals surface area (Å²) in [5.74, 6) is -0.445. The van der Waals surface area contributed by atoms with Crippen LogP contribution in [0.3, 0.4) is 0 Å². The van der Waals surface area contributed by atoms with Crippen molar-refractivity contribution in [1.82, 2.24) is 10.3 Å². The number of carbonyl (C=O) groups is 1. The molecule has 1 heterocycles. The Morgan fingerprint density at radius 1 is 1.29 bits per heavy atom. The molecule has 21 heavy (non-hydrogen) atoms. The largest absolute Gasteiger partial charge is 0.350 e. The molecule has 0 saturated carbocycles. The summed E-state index contributed by atoms with van der Waals surface area (Å²) in [7, 11) is 0. The van der Waals surface area contributed by atoms with Gasteiger partial charge in [0.05, 0.1) is 5.01 Å². The Kier molecular flexibility index (Phi) is 7.28. The van der Waals surface area contributed by atoms with E-state index in [4.69, 9.17) is 5.73 Å². The van der Waals surface area contributed by atoms with Gasteiger partial charge in [-0.15, -0.1) is 23.7 Å². The van der Waals surface area contributed by atoms with Gasteiger partial charge in [-0.3, -0.25) is 4.79 Å². The van der Waals surface area contributed by atoms with Crippen molar-refractivity contribution in [3.8, 4) is 0 Å². The molecule has 0 bridgehead atoms. The average Bonchev–Trinajstić information content (AvgIpc) is 2.90. The molecule has 2 rings (SSSR count). The molecule has 4 nitrogen and oxygen atoms in total. The van der Waals surface area contributed by atoms with Crippen LogP contribution >= 0.6 is 23.7 Å². The first-order valence-corrected chi connectivity index (χ1v) is 7.24. The summed E-state index contributed by atoms with van der Waals surface area (Å²) in [6, 6.07) is 6.25. The smallest absolute Gasteiger partial charge is 0.270 e. The number of thiazole rings is 1. The molecule has 7 heteroatoms. The van der Waals surface area contributed by atoms with Crippen LogP contribution in [0.1, 0.15) is 21.1 Å². The van der Waals surface area contributed by atoms with E-state index in [2.05, 4.69) is 10.3 Å². The lowest BCUT2D eigenvalue weighted by atomic mass is 10.1. The second-order valence-corrected chi connectivity index (χ2v) is 5.24. The summed E-state index contributed by atoms with van der Waals surface area (Å²) in [5.41, 5.74) is 6.85. The molecule has 0 unspecified atom stereocenters. The number of hydrogen-bond acceptors (Lipinski definition) is 4. The van der Waals surface area contributed by atoms with Crippen LogP contribution in [0.4, 0.5) is 4.39 Å². The fraction of sp³-hybridized carbons (Fsp3) is 0.286. The van der Waals surface area contributed by atoms with Crippen LogP contribution in [0.15, 0.2) is 29.6 Å². The number of aromatic nitrogens is 1. The number of benzene rings is 1. The molecule has 0 aliphatic rings. The molecule has 1 amide bonds. The molecule has 0 aliphatic carbocycles. The zero-order chi connectivity index (χ0) is 14.4. The minimum atomic E-state index is -0.257. The second-order valence-electron chi connectivity index (χ2n) is 4.30. The van der Waals surface area contributed by atoms with Gasteiger partial charge in [0.15, 0.2) is 0 Å². The Morgan fingerprint density at radius 3 is 2.67 bits per heavy atom. The molecule has 0 fully saturated rings. The molecule has 2 aromatic rings. The van der Waals surface area contributed by atoms with Gasteiger partial charge in [0.2, 0.25) is 0 Å². The third kappa shape index (κ3) is 5.41. The fourth-order valence-corrected chi connectivity index (χ4v) is 2.51. The van der Waals surface area contributed by atoms with E-state index in [1.165, 1.54) is 23.5 Å². The lowest BCUT2D eigenvalue weighted by Crippen LogP contribution is -2.26. The van der Waals surface area contributed by atoms with E-state index in [1.807, 2.05) is 0 Å². The lowest BCUT2D eigenvalue weighted by molar-refractivity contribution is 0.0949. The quantitative estimate of drug-likeness (QED) is 0.853. The predicted octanol–water partition coefficient (Wildman–Crippen LogP) is 2.18. The van der Waals surface area contributed by atoms with E-state index in [0.717, 1.165) is 10.6 Å². The maximum atomic E-state index is 12.7. The number of nitrogens with one attached hydrogen (secondary N) is 1. The molecular formula is C14H17ClFN3OS. The zero-order valence-corrected chi connectivity index (χ0v) is 13.0. The van der Waals surface area contributed by atoms with Crippen LogP contribution in [-0.4, -0.2) is 24.0 Å². The first-order valence-electron chi connectivity index (χ1n) is 6.36. The van der Waals surface area contributed by atoms with Crippen LogP contribution in [0.2, 0.25) is 0 Å². The predicted molar refractivity (Wildman–Crippen MR) is 84.6 cm³/mol. The summed E-state index contributed by atoms with van der Waals surface area (Å²) in [6.07, 6.45) is 1.35. The van der Waals surface area contributed by atoms with E-state index in [0.29, 0.717) is 31.6 Å². The van der Waals surface area contributed by atoms with Gasteiger partial charge in [-0.2, -0.15) is 0 Å². The van der Waals surface area contributed by atoms with Crippen molar-refractivity contribution in [3.05, 3.63) is 51.7 Å². The van der Waals surface area contributed by atoms with Crippen molar-refractivity contribution in [1.29, 1.82) is 0 Å². The normalized spacial score (nSPS) is 10.0. The molecule has 3 N–H and O–H groups in total. The molecule has 0 saturated heterocycles. The topological polar surface area (TPSA) is 68.0 Å². The van der Waals surface area contributed by atoms with Gasteiger partial charge >= 0.3 is 0 Å². The number of nitrogens with two attached hydrogens (primary N) is 1. The van der Waals surface area contributed by atoms with Gasteiger partial charge in [0, 0.05) is 18.3 Å². The van der Waals surface area contributed by atoms with Crippen LogP contribution in [-0.2, 0) is 12.8 Å². The van der Waals surface area contributed by atoms with Crippen LogP contribution in [0.25, 0.3) is 0 Å². The molecule has 0 aliphatic heterocycles. The highest BCUT2D eigenvalue weighted by Gasteiger charge is 2.09. The maximum absolute atomic E-state index is 12.7. The minimum absolute atomic E-state index is 0. The third-order valence-corrected chi connectivity index (χ3v) is 3.66. The van der Waals surface area contributed by atoms with Gasteiger partial charge in [0.25, 0.3) is 5.91 Å². The van der Waals surface area contributed by atoms with Crippen molar-refractivity contribution in [2.75, 3.05) is 13.1 Å². The summed E-state index contributed by atoms with van der Waals surface area (Å²) < 4.78 is 12.7. The van der Waals surface area contributed by atoms with Crippen molar-refractivity contribution in [2.24, 2.45) is 5.73 Å². The van der Waals surface area contributed by atoms with E-state index >= 15 is 0 Å². The van der Waals surface area contributed by atoms with E-state index in [9.17, 15) is 9.18 Å². The molecule has 1 aromatic heterocycles. The van der Waals surface area contributed by atoms with Crippen LogP contribution in [0, 0.1) is 5.82 Å². The van der Waals surface area contributed by atoms with Crippen LogP contribution < -0.4 is 11.1 Å². The van der Waals surface area contributed by atoms with Gasteiger partial charge < -0.3 is 11.1 Å². The Balaban J connectivity index is 0.00000220. The monoisotopic (exact) mass is 329 g/mol. The Morgan fingerprint density at radius 2 is 2.00 bits per heavy atom. The zero-order valence-electron chi connectivity index (χ0n) is 11.3. The SMILES string of the molecule is Cl.NCCc1nc(C(=O)NCCc2ccc(F)cc2)cs1. The molecule has 114 valence electrons. The second kappa shape index (κ2) is 8.71. The van der Waals surface area contributed by atoms with Gasteiger partial charge in [-0.25, -0.2) is 9.37 Å². The summed E-state index contributed by atoms with van der Waals surface area (Å²) in [4.78, 5) is 16.1. The van der Waals surface area contributed by atoms with Crippen LogP contribution in [0.5, 0.6) is 0 Å². The Hall–Kier alpha value is -1.50. The molecule has 0 radical (unpaired) electrons. The number of carbonyl (C=O) groups excluding carboxylic acids is 1. The molecule has 0 atom stereocenters. The summed E-state index contributed by atoms with van der Waals surface area (Å²) >= 11 is 1.44. The first-order chi connectivity index (χ1) is 9.69. The standard InChI is InChI=1S/C14H16FN3OS.ClH/c15-11-3-1-10(2-4-11)6-8-17-14(19)12-9-20-13(18-12)5-7-16;/h1-4,9H,5-8,16H2,(H,17,19);1H. The van der Waals surface area contributed by atoms with Crippen molar-refractivity contribution in [2.45, 2.75) is 12.8 Å². The number of halogens is 2. The number of hydrogen-bond donors (Lipinski definition) is 2. The third-order valence-electron chi connectivity index (χ3n) is 2.76. The highest BCUT2D eigenvalue weighted by molar-refractivity contribution is 7.09. The van der Waals surface area contributed by atoms with Gasteiger partial charge in [0.1, 0.15) is 11.5 Å². The molecule has 1 aromatic carbocycles.